The average Bonchev–Trinajstić information content (AvgIpc) is 2.77. The van der Waals surface area contributed by atoms with Crippen LogP contribution in [0.2, 0.25) is 0 Å². The molecular weight excluding hydrogens is 216 g/mol. The Labute approximate surface area is 104 Å². The largest absolute Gasteiger partial charge is 0.393 e. The van der Waals surface area contributed by atoms with Crippen LogP contribution in [0, 0.1) is 5.92 Å². The molecule has 1 spiro atoms. The van der Waals surface area contributed by atoms with Crippen LogP contribution in [-0.2, 0) is 9.47 Å². The third-order valence-corrected chi connectivity index (χ3v) is 4.44. The fourth-order valence-electron chi connectivity index (χ4n) is 3.43. The van der Waals surface area contributed by atoms with Crippen LogP contribution in [0.4, 0.5) is 0 Å². The number of ether oxygens (including phenoxy) is 2. The van der Waals surface area contributed by atoms with E-state index >= 15 is 0 Å². The molecule has 100 valence electrons. The minimum atomic E-state index is -0.161. The molecule has 2 rings (SSSR count). The van der Waals surface area contributed by atoms with Crippen LogP contribution in [0.5, 0.6) is 0 Å². The van der Waals surface area contributed by atoms with E-state index in [1.807, 2.05) is 0 Å². The standard InChI is InChI=1S/C14H26O3/c1-16-9-4-5-13(15)12-6-10-17-14(11-12)7-2-3-8-14/h12-13,15H,2-11H2,1H3. The highest BCUT2D eigenvalue weighted by Gasteiger charge is 2.41. The first kappa shape index (κ1) is 13.3. The maximum absolute atomic E-state index is 10.2. The highest BCUT2D eigenvalue weighted by atomic mass is 16.5. The van der Waals surface area contributed by atoms with E-state index in [2.05, 4.69) is 0 Å². The normalized spacial score (nSPS) is 29.6. The lowest BCUT2D eigenvalue weighted by Gasteiger charge is -2.40. The third kappa shape index (κ3) is 3.43. The minimum Gasteiger partial charge on any atom is -0.393 e. The van der Waals surface area contributed by atoms with Gasteiger partial charge in [-0.1, -0.05) is 12.8 Å². The van der Waals surface area contributed by atoms with Gasteiger partial charge in [-0.15, -0.1) is 0 Å². The van der Waals surface area contributed by atoms with Gasteiger partial charge in [-0.2, -0.15) is 0 Å². The predicted molar refractivity (Wildman–Crippen MR) is 67.0 cm³/mol. The molecule has 17 heavy (non-hydrogen) atoms. The Morgan fingerprint density at radius 2 is 2.18 bits per heavy atom. The van der Waals surface area contributed by atoms with Crippen molar-refractivity contribution in [1.29, 1.82) is 0 Å². The summed E-state index contributed by atoms with van der Waals surface area (Å²) in [5, 5.41) is 10.2. The van der Waals surface area contributed by atoms with E-state index in [9.17, 15) is 5.11 Å². The summed E-state index contributed by atoms with van der Waals surface area (Å²) >= 11 is 0. The Morgan fingerprint density at radius 1 is 1.41 bits per heavy atom. The molecule has 0 bridgehead atoms. The van der Waals surface area contributed by atoms with Crippen LogP contribution in [0.15, 0.2) is 0 Å². The van der Waals surface area contributed by atoms with E-state index in [0.717, 1.165) is 38.9 Å². The van der Waals surface area contributed by atoms with Gasteiger partial charge in [0.2, 0.25) is 0 Å². The molecule has 1 heterocycles. The Morgan fingerprint density at radius 3 is 2.88 bits per heavy atom. The van der Waals surface area contributed by atoms with E-state index in [1.165, 1.54) is 25.7 Å². The van der Waals surface area contributed by atoms with Crippen LogP contribution < -0.4 is 0 Å². The first-order chi connectivity index (χ1) is 8.26. The molecule has 1 N–H and O–H groups in total. The van der Waals surface area contributed by atoms with Crippen molar-refractivity contribution in [3.05, 3.63) is 0 Å². The Hall–Kier alpha value is -0.120. The highest BCUT2D eigenvalue weighted by molar-refractivity contribution is 4.92. The summed E-state index contributed by atoms with van der Waals surface area (Å²) in [4.78, 5) is 0. The molecule has 1 aliphatic heterocycles. The van der Waals surface area contributed by atoms with E-state index in [-0.39, 0.29) is 11.7 Å². The molecule has 2 atom stereocenters. The monoisotopic (exact) mass is 242 g/mol. The second-order valence-electron chi connectivity index (χ2n) is 5.69. The van der Waals surface area contributed by atoms with Crippen molar-refractivity contribution in [2.75, 3.05) is 20.3 Å². The smallest absolute Gasteiger partial charge is 0.0686 e. The molecule has 0 radical (unpaired) electrons. The van der Waals surface area contributed by atoms with E-state index in [4.69, 9.17) is 9.47 Å². The number of hydrogen-bond donors (Lipinski definition) is 1. The summed E-state index contributed by atoms with van der Waals surface area (Å²) in [5.41, 5.74) is 0.130. The summed E-state index contributed by atoms with van der Waals surface area (Å²) < 4.78 is 11.0. The molecule has 2 fully saturated rings. The van der Waals surface area contributed by atoms with Gasteiger partial charge in [0.05, 0.1) is 11.7 Å². The maximum atomic E-state index is 10.2. The Bertz CT molecular complexity index is 224. The van der Waals surface area contributed by atoms with Gasteiger partial charge in [-0.25, -0.2) is 0 Å². The Balaban J connectivity index is 1.79. The third-order valence-electron chi connectivity index (χ3n) is 4.44. The van der Waals surface area contributed by atoms with Gasteiger partial charge in [0.1, 0.15) is 0 Å². The van der Waals surface area contributed by atoms with Gasteiger partial charge in [0.25, 0.3) is 0 Å². The van der Waals surface area contributed by atoms with Crippen molar-refractivity contribution in [3.8, 4) is 0 Å². The average molecular weight is 242 g/mol. The molecule has 0 aromatic rings. The van der Waals surface area contributed by atoms with Crippen LogP contribution in [0.25, 0.3) is 0 Å². The molecule has 0 aromatic carbocycles. The number of rotatable bonds is 5. The van der Waals surface area contributed by atoms with Gasteiger partial charge < -0.3 is 14.6 Å². The number of aliphatic hydroxyl groups excluding tert-OH is 1. The second kappa shape index (κ2) is 6.17. The maximum Gasteiger partial charge on any atom is 0.0686 e. The zero-order chi connectivity index (χ0) is 12.1. The van der Waals surface area contributed by atoms with Crippen LogP contribution >= 0.6 is 0 Å². The summed E-state index contributed by atoms with van der Waals surface area (Å²) in [6.07, 6.45) is 8.77. The fourth-order valence-corrected chi connectivity index (χ4v) is 3.43. The van der Waals surface area contributed by atoms with Crippen molar-refractivity contribution >= 4 is 0 Å². The second-order valence-corrected chi connectivity index (χ2v) is 5.69. The first-order valence-corrected chi connectivity index (χ1v) is 7.07. The van der Waals surface area contributed by atoms with Crippen molar-refractivity contribution in [2.24, 2.45) is 5.92 Å². The van der Waals surface area contributed by atoms with Crippen molar-refractivity contribution in [3.63, 3.8) is 0 Å². The Kier molecular flexibility index (Phi) is 4.83. The molecule has 3 nitrogen and oxygen atoms in total. The zero-order valence-electron chi connectivity index (χ0n) is 11.0. The summed E-state index contributed by atoms with van der Waals surface area (Å²) in [7, 11) is 1.72. The molecule has 0 aromatic heterocycles. The minimum absolute atomic E-state index is 0.130. The highest BCUT2D eigenvalue weighted by Crippen LogP contribution is 2.43. The van der Waals surface area contributed by atoms with E-state index < -0.39 is 0 Å². The number of hydrogen-bond acceptors (Lipinski definition) is 3. The molecule has 1 saturated carbocycles. The number of methoxy groups -OCH3 is 1. The van der Waals surface area contributed by atoms with Gasteiger partial charge in [0, 0.05) is 20.3 Å². The summed E-state index contributed by atoms with van der Waals surface area (Å²) in [6, 6.07) is 0. The lowest BCUT2D eigenvalue weighted by Crippen LogP contribution is -2.41. The SMILES string of the molecule is COCCCC(O)C1CCOC2(CCCC2)C1. The van der Waals surface area contributed by atoms with Gasteiger partial charge in [-0.05, 0) is 44.4 Å². The lowest BCUT2D eigenvalue weighted by atomic mass is 9.80. The van der Waals surface area contributed by atoms with Gasteiger partial charge in [-0.3, -0.25) is 0 Å². The summed E-state index contributed by atoms with van der Waals surface area (Å²) in [6.45, 7) is 1.59. The zero-order valence-corrected chi connectivity index (χ0v) is 11.0. The topological polar surface area (TPSA) is 38.7 Å². The van der Waals surface area contributed by atoms with Crippen LogP contribution in [0.1, 0.15) is 51.4 Å². The van der Waals surface area contributed by atoms with Crippen LogP contribution in [-0.4, -0.2) is 37.1 Å². The van der Waals surface area contributed by atoms with E-state index in [0.29, 0.717) is 5.92 Å². The lowest BCUT2D eigenvalue weighted by molar-refractivity contribution is -0.113. The number of aliphatic hydroxyl groups is 1. The molecule has 0 amide bonds. The molecule has 3 heteroatoms. The summed E-state index contributed by atoms with van der Waals surface area (Å²) in [5.74, 6) is 0.443. The van der Waals surface area contributed by atoms with Gasteiger partial charge >= 0.3 is 0 Å². The molecule has 1 saturated heterocycles. The van der Waals surface area contributed by atoms with Crippen molar-refractivity contribution in [2.45, 2.75) is 63.1 Å². The predicted octanol–water partition coefficient (Wildman–Crippen LogP) is 2.51. The van der Waals surface area contributed by atoms with Crippen molar-refractivity contribution in [1.82, 2.24) is 0 Å². The quantitative estimate of drug-likeness (QED) is 0.753. The molecular formula is C14H26O3. The van der Waals surface area contributed by atoms with Gasteiger partial charge in [0.15, 0.2) is 0 Å². The first-order valence-electron chi connectivity index (χ1n) is 7.07. The molecule has 1 aliphatic carbocycles. The molecule has 2 unspecified atom stereocenters. The van der Waals surface area contributed by atoms with E-state index in [1.54, 1.807) is 7.11 Å². The molecule has 2 aliphatic rings. The van der Waals surface area contributed by atoms with Crippen LogP contribution in [0.3, 0.4) is 0 Å². The van der Waals surface area contributed by atoms with Crippen molar-refractivity contribution < 1.29 is 14.6 Å². The fraction of sp³-hybridized carbons (Fsp3) is 1.00.